The summed E-state index contributed by atoms with van der Waals surface area (Å²) < 4.78 is 11.6. The van der Waals surface area contributed by atoms with Gasteiger partial charge in [-0.25, -0.2) is 0 Å². The highest BCUT2D eigenvalue weighted by molar-refractivity contribution is 5.43. The number of aliphatic hydroxyl groups excluding tert-OH is 1. The summed E-state index contributed by atoms with van der Waals surface area (Å²) in [6.45, 7) is 4.60. The SMILES string of the molecule is COc1ccc2c(c1)[C@H](O)CC1(CCCC(C)(C)C1)O2. The summed E-state index contributed by atoms with van der Waals surface area (Å²) in [7, 11) is 1.64. The molecule has 1 N–H and O–H groups in total. The molecule has 0 aromatic heterocycles. The molecule has 0 radical (unpaired) electrons. The van der Waals surface area contributed by atoms with Crippen LogP contribution in [0.15, 0.2) is 18.2 Å². The highest BCUT2D eigenvalue weighted by Gasteiger charge is 2.46. The van der Waals surface area contributed by atoms with E-state index in [9.17, 15) is 5.11 Å². The Bertz CT molecular complexity index is 509. The molecular formula is C17H24O3. The number of benzene rings is 1. The van der Waals surface area contributed by atoms with Crippen LogP contribution >= 0.6 is 0 Å². The van der Waals surface area contributed by atoms with Gasteiger partial charge in [0.05, 0.1) is 13.2 Å². The molecule has 3 nitrogen and oxygen atoms in total. The van der Waals surface area contributed by atoms with Crippen LogP contribution in [-0.2, 0) is 0 Å². The largest absolute Gasteiger partial charge is 0.497 e. The van der Waals surface area contributed by atoms with Crippen LogP contribution in [-0.4, -0.2) is 17.8 Å². The number of hydrogen-bond acceptors (Lipinski definition) is 3. The smallest absolute Gasteiger partial charge is 0.126 e. The van der Waals surface area contributed by atoms with Crippen LogP contribution in [0.4, 0.5) is 0 Å². The molecule has 2 aliphatic rings. The van der Waals surface area contributed by atoms with Crippen molar-refractivity contribution in [1.82, 2.24) is 0 Å². The van der Waals surface area contributed by atoms with E-state index in [0.717, 1.165) is 29.9 Å². The topological polar surface area (TPSA) is 38.7 Å². The highest BCUT2D eigenvalue weighted by Crippen LogP contribution is 2.51. The molecule has 3 rings (SSSR count). The molecule has 1 saturated carbocycles. The lowest BCUT2D eigenvalue weighted by Crippen LogP contribution is -2.47. The molecule has 1 aromatic rings. The summed E-state index contributed by atoms with van der Waals surface area (Å²) in [6, 6.07) is 5.72. The molecule has 1 aromatic carbocycles. The minimum Gasteiger partial charge on any atom is -0.497 e. The molecule has 2 atom stereocenters. The molecule has 1 aliphatic carbocycles. The van der Waals surface area contributed by atoms with Crippen LogP contribution in [0.25, 0.3) is 0 Å². The number of fused-ring (bicyclic) bond motifs is 1. The molecule has 0 amide bonds. The average Bonchev–Trinajstić information content (AvgIpc) is 2.37. The van der Waals surface area contributed by atoms with Gasteiger partial charge in [0, 0.05) is 12.0 Å². The number of aliphatic hydroxyl groups is 1. The lowest BCUT2D eigenvalue weighted by atomic mass is 9.67. The Morgan fingerprint density at radius 2 is 2.10 bits per heavy atom. The van der Waals surface area contributed by atoms with Gasteiger partial charge in [0.1, 0.15) is 17.1 Å². The van der Waals surface area contributed by atoms with Gasteiger partial charge in [0.15, 0.2) is 0 Å². The highest BCUT2D eigenvalue weighted by atomic mass is 16.5. The summed E-state index contributed by atoms with van der Waals surface area (Å²) >= 11 is 0. The van der Waals surface area contributed by atoms with Gasteiger partial charge in [0.25, 0.3) is 0 Å². The summed E-state index contributed by atoms with van der Waals surface area (Å²) in [5.74, 6) is 1.59. The summed E-state index contributed by atoms with van der Waals surface area (Å²) in [5.41, 5.74) is 0.961. The number of methoxy groups -OCH3 is 1. The maximum atomic E-state index is 10.5. The van der Waals surface area contributed by atoms with Crippen molar-refractivity contribution in [1.29, 1.82) is 0 Å². The van der Waals surface area contributed by atoms with Gasteiger partial charge in [-0.15, -0.1) is 0 Å². The van der Waals surface area contributed by atoms with Crippen LogP contribution in [0.2, 0.25) is 0 Å². The summed E-state index contributed by atoms with van der Waals surface area (Å²) in [6.07, 6.45) is 4.70. The Morgan fingerprint density at radius 1 is 1.30 bits per heavy atom. The Morgan fingerprint density at radius 3 is 2.80 bits per heavy atom. The maximum absolute atomic E-state index is 10.5. The number of hydrogen-bond donors (Lipinski definition) is 1. The lowest BCUT2D eigenvalue weighted by Gasteiger charge is -2.48. The van der Waals surface area contributed by atoms with E-state index in [-0.39, 0.29) is 5.60 Å². The monoisotopic (exact) mass is 276 g/mol. The molecule has 3 heteroatoms. The van der Waals surface area contributed by atoms with Crippen LogP contribution in [0, 0.1) is 5.41 Å². The third-order valence-corrected chi connectivity index (χ3v) is 4.75. The van der Waals surface area contributed by atoms with Gasteiger partial charge < -0.3 is 14.6 Å². The van der Waals surface area contributed by atoms with Gasteiger partial charge >= 0.3 is 0 Å². The van der Waals surface area contributed by atoms with Crippen LogP contribution in [0.1, 0.15) is 57.6 Å². The van der Waals surface area contributed by atoms with Crippen molar-refractivity contribution in [3.63, 3.8) is 0 Å². The standard InChI is InChI=1S/C17H24O3/c1-16(2)7-4-8-17(11-16)10-14(18)13-9-12(19-3)5-6-15(13)20-17/h5-6,9,14,18H,4,7-8,10-11H2,1-3H3/t14-,17?/m1/s1. The molecule has 1 fully saturated rings. The Kier molecular flexibility index (Phi) is 3.20. The van der Waals surface area contributed by atoms with E-state index in [2.05, 4.69) is 13.8 Å². The Hall–Kier alpha value is -1.22. The maximum Gasteiger partial charge on any atom is 0.126 e. The van der Waals surface area contributed by atoms with E-state index in [1.54, 1.807) is 7.11 Å². The Balaban J connectivity index is 1.92. The van der Waals surface area contributed by atoms with Crippen LogP contribution in [0.3, 0.4) is 0 Å². The van der Waals surface area contributed by atoms with Gasteiger partial charge in [-0.1, -0.05) is 13.8 Å². The van der Waals surface area contributed by atoms with Gasteiger partial charge in [0.2, 0.25) is 0 Å². The summed E-state index contributed by atoms with van der Waals surface area (Å²) in [5, 5.41) is 10.5. The average molecular weight is 276 g/mol. The molecule has 20 heavy (non-hydrogen) atoms. The van der Waals surface area contributed by atoms with Crippen molar-refractivity contribution >= 4 is 0 Å². The second-order valence-electron chi connectivity index (χ2n) is 7.10. The second-order valence-corrected chi connectivity index (χ2v) is 7.10. The third kappa shape index (κ3) is 2.39. The van der Waals surface area contributed by atoms with Gasteiger partial charge in [-0.05, 0) is 49.3 Å². The van der Waals surface area contributed by atoms with Gasteiger partial charge in [-0.3, -0.25) is 0 Å². The summed E-state index contributed by atoms with van der Waals surface area (Å²) in [4.78, 5) is 0. The lowest BCUT2D eigenvalue weighted by molar-refractivity contribution is -0.0677. The van der Waals surface area contributed by atoms with Crippen molar-refractivity contribution in [3.05, 3.63) is 23.8 Å². The third-order valence-electron chi connectivity index (χ3n) is 4.75. The first-order valence-corrected chi connectivity index (χ1v) is 7.48. The van der Waals surface area contributed by atoms with E-state index >= 15 is 0 Å². The fraction of sp³-hybridized carbons (Fsp3) is 0.647. The van der Waals surface area contributed by atoms with Crippen LogP contribution < -0.4 is 9.47 Å². The molecule has 1 aliphatic heterocycles. The first-order valence-electron chi connectivity index (χ1n) is 7.48. The molecular weight excluding hydrogens is 252 g/mol. The first kappa shape index (κ1) is 13.7. The quantitative estimate of drug-likeness (QED) is 0.846. The predicted octanol–water partition coefficient (Wildman–Crippen LogP) is 3.85. The minimum absolute atomic E-state index is 0.192. The first-order chi connectivity index (χ1) is 9.43. The van der Waals surface area contributed by atoms with Gasteiger partial charge in [-0.2, -0.15) is 0 Å². The molecule has 0 bridgehead atoms. The zero-order valence-electron chi connectivity index (χ0n) is 12.6. The molecule has 110 valence electrons. The predicted molar refractivity (Wildman–Crippen MR) is 78.2 cm³/mol. The van der Waals surface area contributed by atoms with Crippen molar-refractivity contribution in [2.45, 2.75) is 57.7 Å². The minimum atomic E-state index is -0.456. The van der Waals surface area contributed by atoms with E-state index in [4.69, 9.17) is 9.47 Å². The zero-order chi connectivity index (χ0) is 14.4. The molecule has 1 spiro atoms. The van der Waals surface area contributed by atoms with Crippen molar-refractivity contribution in [2.24, 2.45) is 5.41 Å². The van der Waals surface area contributed by atoms with E-state index in [1.165, 1.54) is 12.8 Å². The van der Waals surface area contributed by atoms with E-state index in [0.29, 0.717) is 11.8 Å². The van der Waals surface area contributed by atoms with Crippen LogP contribution in [0.5, 0.6) is 11.5 Å². The second kappa shape index (κ2) is 4.66. The Labute approximate surface area is 120 Å². The van der Waals surface area contributed by atoms with Crippen molar-refractivity contribution < 1.29 is 14.6 Å². The molecule has 1 unspecified atom stereocenters. The van der Waals surface area contributed by atoms with Crippen molar-refractivity contribution in [3.8, 4) is 11.5 Å². The van der Waals surface area contributed by atoms with Crippen molar-refractivity contribution in [2.75, 3.05) is 7.11 Å². The normalized spacial score (nSPS) is 31.5. The molecule has 0 saturated heterocycles. The molecule has 1 heterocycles. The number of ether oxygens (including phenoxy) is 2. The van der Waals surface area contributed by atoms with E-state index in [1.807, 2.05) is 18.2 Å². The number of rotatable bonds is 1. The fourth-order valence-corrected chi connectivity index (χ4v) is 3.94. The zero-order valence-corrected chi connectivity index (χ0v) is 12.6. The fourth-order valence-electron chi connectivity index (χ4n) is 3.94. The van der Waals surface area contributed by atoms with E-state index < -0.39 is 6.10 Å².